The number of anilines is 2. The summed E-state index contributed by atoms with van der Waals surface area (Å²) in [6.45, 7) is 2.53. The fourth-order valence-corrected chi connectivity index (χ4v) is 1.85. The van der Waals surface area contributed by atoms with Crippen LogP contribution in [0, 0.1) is 0 Å². The van der Waals surface area contributed by atoms with Crippen molar-refractivity contribution in [2.24, 2.45) is 5.84 Å². The molecule has 0 amide bonds. The molecule has 0 saturated heterocycles. The van der Waals surface area contributed by atoms with E-state index in [4.69, 9.17) is 15.3 Å². The van der Waals surface area contributed by atoms with Crippen LogP contribution in [-0.4, -0.2) is 60.7 Å². The quantitative estimate of drug-likeness (QED) is 0.448. The predicted molar refractivity (Wildman–Crippen MR) is 75.5 cm³/mol. The van der Waals surface area contributed by atoms with Crippen molar-refractivity contribution in [3.8, 4) is 0 Å². The topological polar surface area (TPSA) is 114 Å². The molecule has 20 heavy (non-hydrogen) atoms. The molecule has 2 heterocycles. The minimum Gasteiger partial charge on any atom is -0.383 e. The zero-order chi connectivity index (χ0) is 14.4. The van der Waals surface area contributed by atoms with Crippen molar-refractivity contribution in [1.82, 2.24) is 20.2 Å². The number of methoxy groups -OCH3 is 2. The number of ether oxygens (including phenoxy) is 2. The summed E-state index contributed by atoms with van der Waals surface area (Å²) in [5.41, 5.74) is 3.08. The molecule has 9 heteroatoms. The van der Waals surface area contributed by atoms with Gasteiger partial charge in [0.15, 0.2) is 5.65 Å². The van der Waals surface area contributed by atoms with E-state index in [0.29, 0.717) is 37.9 Å². The number of H-pyrrole nitrogens is 1. The molecule has 0 aliphatic rings. The van der Waals surface area contributed by atoms with Gasteiger partial charge in [-0.05, 0) is 0 Å². The van der Waals surface area contributed by atoms with Crippen molar-refractivity contribution in [1.29, 1.82) is 0 Å². The second-order valence-corrected chi connectivity index (χ2v) is 4.12. The monoisotopic (exact) mass is 281 g/mol. The standard InChI is InChI=1S/C11H19N7O2/c1-19-5-3-18(4-6-20-2)10-8-7-13-17-9(8)14-11(15-10)16-12/h7H,3-6,12H2,1-2H3,(H2,13,14,15,16,17). The number of fused-ring (bicyclic) bond motifs is 1. The van der Waals surface area contributed by atoms with E-state index < -0.39 is 0 Å². The van der Waals surface area contributed by atoms with Crippen LogP contribution in [-0.2, 0) is 9.47 Å². The van der Waals surface area contributed by atoms with Crippen LogP contribution in [0.3, 0.4) is 0 Å². The number of rotatable bonds is 8. The zero-order valence-corrected chi connectivity index (χ0v) is 11.6. The molecule has 2 aromatic heterocycles. The van der Waals surface area contributed by atoms with Crippen molar-refractivity contribution in [2.45, 2.75) is 0 Å². The highest BCUT2D eigenvalue weighted by molar-refractivity contribution is 5.87. The molecule has 0 saturated carbocycles. The highest BCUT2D eigenvalue weighted by atomic mass is 16.5. The van der Waals surface area contributed by atoms with Crippen molar-refractivity contribution < 1.29 is 9.47 Å². The molecular formula is C11H19N7O2. The van der Waals surface area contributed by atoms with Crippen molar-refractivity contribution in [2.75, 3.05) is 50.8 Å². The highest BCUT2D eigenvalue weighted by Gasteiger charge is 2.15. The predicted octanol–water partition coefficient (Wildman–Crippen LogP) is -0.262. The minimum atomic E-state index is 0.330. The Morgan fingerprint density at radius 3 is 2.55 bits per heavy atom. The van der Waals surface area contributed by atoms with Gasteiger partial charge in [-0.15, -0.1) is 0 Å². The number of aromatic nitrogens is 4. The maximum Gasteiger partial charge on any atom is 0.241 e. The molecule has 110 valence electrons. The molecule has 0 spiro atoms. The van der Waals surface area contributed by atoms with E-state index in [9.17, 15) is 0 Å². The van der Waals surface area contributed by atoms with E-state index in [2.05, 4.69) is 25.6 Å². The van der Waals surface area contributed by atoms with Gasteiger partial charge in [0, 0.05) is 27.3 Å². The Kier molecular flexibility index (Phi) is 5.04. The molecule has 0 fully saturated rings. The maximum atomic E-state index is 5.40. The molecule has 4 N–H and O–H groups in total. The molecule has 0 aromatic carbocycles. The Labute approximate surface area is 116 Å². The first-order valence-corrected chi connectivity index (χ1v) is 6.20. The lowest BCUT2D eigenvalue weighted by atomic mass is 10.3. The largest absolute Gasteiger partial charge is 0.383 e. The third kappa shape index (κ3) is 3.13. The third-order valence-electron chi connectivity index (χ3n) is 2.85. The first-order chi connectivity index (χ1) is 9.80. The van der Waals surface area contributed by atoms with Crippen molar-refractivity contribution in [3.63, 3.8) is 0 Å². The maximum absolute atomic E-state index is 5.40. The average Bonchev–Trinajstić information content (AvgIpc) is 2.95. The molecular weight excluding hydrogens is 262 g/mol. The summed E-state index contributed by atoms with van der Waals surface area (Å²) >= 11 is 0. The van der Waals surface area contributed by atoms with Crippen LogP contribution in [0.15, 0.2) is 6.20 Å². The molecule has 9 nitrogen and oxygen atoms in total. The van der Waals surface area contributed by atoms with Crippen LogP contribution in [0.4, 0.5) is 11.8 Å². The smallest absolute Gasteiger partial charge is 0.241 e. The Hall–Kier alpha value is -1.97. The number of nitrogens with one attached hydrogen (secondary N) is 2. The number of hydrogen-bond acceptors (Lipinski definition) is 8. The summed E-state index contributed by atoms with van der Waals surface area (Å²) in [5.74, 6) is 6.47. The van der Waals surface area contributed by atoms with Crippen LogP contribution >= 0.6 is 0 Å². The Balaban J connectivity index is 2.36. The third-order valence-corrected chi connectivity index (χ3v) is 2.85. The van der Waals surface area contributed by atoms with Crippen LogP contribution in [0.25, 0.3) is 11.0 Å². The van der Waals surface area contributed by atoms with E-state index in [-0.39, 0.29) is 0 Å². The summed E-state index contributed by atoms with van der Waals surface area (Å²) in [7, 11) is 3.32. The zero-order valence-electron chi connectivity index (χ0n) is 11.6. The van der Waals surface area contributed by atoms with E-state index in [1.54, 1.807) is 20.4 Å². The lowest BCUT2D eigenvalue weighted by Gasteiger charge is -2.23. The molecule has 0 bridgehead atoms. The lowest BCUT2D eigenvalue weighted by Crippen LogP contribution is -2.32. The number of hydrogen-bond donors (Lipinski definition) is 3. The van der Waals surface area contributed by atoms with Gasteiger partial charge in [-0.25, -0.2) is 5.84 Å². The van der Waals surface area contributed by atoms with Gasteiger partial charge in [0.1, 0.15) is 5.82 Å². The number of nitrogen functional groups attached to an aromatic ring is 1. The molecule has 0 aliphatic carbocycles. The van der Waals surface area contributed by atoms with Gasteiger partial charge >= 0.3 is 0 Å². The van der Waals surface area contributed by atoms with Gasteiger partial charge < -0.3 is 14.4 Å². The van der Waals surface area contributed by atoms with Gasteiger partial charge in [0.2, 0.25) is 5.95 Å². The Morgan fingerprint density at radius 2 is 1.95 bits per heavy atom. The first kappa shape index (κ1) is 14.4. The molecule has 0 unspecified atom stereocenters. The summed E-state index contributed by atoms with van der Waals surface area (Å²) in [5, 5.41) is 7.64. The van der Waals surface area contributed by atoms with Gasteiger partial charge in [0.25, 0.3) is 0 Å². The van der Waals surface area contributed by atoms with Crippen LogP contribution < -0.4 is 16.2 Å². The van der Waals surface area contributed by atoms with Gasteiger partial charge in [0.05, 0.1) is 24.8 Å². The van der Waals surface area contributed by atoms with Crippen LogP contribution in [0.2, 0.25) is 0 Å². The average molecular weight is 281 g/mol. The first-order valence-electron chi connectivity index (χ1n) is 6.20. The highest BCUT2D eigenvalue weighted by Crippen LogP contribution is 2.23. The molecule has 0 atom stereocenters. The minimum absolute atomic E-state index is 0.330. The molecule has 0 radical (unpaired) electrons. The van der Waals surface area contributed by atoms with E-state index in [1.807, 2.05) is 4.90 Å². The van der Waals surface area contributed by atoms with Crippen molar-refractivity contribution in [3.05, 3.63) is 6.20 Å². The molecule has 2 aromatic rings. The number of nitrogens with two attached hydrogens (primary N) is 1. The number of hydrazine groups is 1. The van der Waals surface area contributed by atoms with E-state index >= 15 is 0 Å². The Morgan fingerprint density at radius 1 is 1.25 bits per heavy atom. The van der Waals surface area contributed by atoms with E-state index in [0.717, 1.165) is 11.2 Å². The molecule has 0 aliphatic heterocycles. The fraction of sp³-hybridized carbons (Fsp3) is 0.545. The summed E-state index contributed by atoms with van der Waals surface area (Å²) in [6, 6.07) is 0. The van der Waals surface area contributed by atoms with Crippen LogP contribution in [0.1, 0.15) is 0 Å². The SMILES string of the molecule is COCCN(CCOC)c1nc(NN)nc2[nH]ncc12. The summed E-state index contributed by atoms with van der Waals surface area (Å²) < 4.78 is 10.3. The Bertz CT molecular complexity index is 537. The number of aromatic amines is 1. The summed E-state index contributed by atoms with van der Waals surface area (Å²) in [6.07, 6.45) is 1.69. The van der Waals surface area contributed by atoms with E-state index in [1.165, 1.54) is 0 Å². The number of nitrogens with zero attached hydrogens (tertiary/aromatic N) is 4. The normalized spacial score (nSPS) is 10.9. The van der Waals surface area contributed by atoms with Gasteiger partial charge in [-0.1, -0.05) is 0 Å². The van der Waals surface area contributed by atoms with Crippen molar-refractivity contribution >= 4 is 22.8 Å². The summed E-state index contributed by atoms with van der Waals surface area (Å²) in [4.78, 5) is 10.7. The van der Waals surface area contributed by atoms with Gasteiger partial charge in [-0.2, -0.15) is 15.1 Å². The fourth-order valence-electron chi connectivity index (χ4n) is 1.85. The lowest BCUT2D eigenvalue weighted by molar-refractivity contribution is 0.190. The second-order valence-electron chi connectivity index (χ2n) is 4.12. The second kappa shape index (κ2) is 6.98. The van der Waals surface area contributed by atoms with Crippen LogP contribution in [0.5, 0.6) is 0 Å². The van der Waals surface area contributed by atoms with Gasteiger partial charge in [-0.3, -0.25) is 10.5 Å². The molecule has 2 rings (SSSR count).